The van der Waals surface area contributed by atoms with Crippen molar-refractivity contribution in [2.24, 2.45) is 4.99 Å². The summed E-state index contributed by atoms with van der Waals surface area (Å²) in [6.07, 6.45) is 0.840. The number of sulfone groups is 1. The van der Waals surface area contributed by atoms with Crippen molar-refractivity contribution in [3.05, 3.63) is 11.1 Å². The monoisotopic (exact) mass is 204 g/mol. The van der Waals surface area contributed by atoms with Gasteiger partial charge in [-0.1, -0.05) is 0 Å². The van der Waals surface area contributed by atoms with Crippen LogP contribution in [0.25, 0.3) is 0 Å². The average molecular weight is 204 g/mol. The highest BCUT2D eigenvalue weighted by molar-refractivity contribution is 8.10. The summed E-state index contributed by atoms with van der Waals surface area (Å²) in [4.78, 5) is 14.5. The minimum atomic E-state index is -3.89. The lowest BCUT2D eigenvalue weighted by atomic mass is 10.6. The molecule has 0 amide bonds. The van der Waals surface area contributed by atoms with Gasteiger partial charge in [0.2, 0.25) is 15.0 Å². The Labute approximate surface area is 75.1 Å². The summed E-state index contributed by atoms with van der Waals surface area (Å²) in [5.74, 6) is -1.49. The summed E-state index contributed by atoms with van der Waals surface area (Å²) in [6, 6.07) is 0. The van der Waals surface area contributed by atoms with E-state index in [0.29, 0.717) is 0 Å². The lowest BCUT2D eigenvalue weighted by Crippen LogP contribution is -2.30. The van der Waals surface area contributed by atoms with Gasteiger partial charge in [-0.05, 0) is 0 Å². The maximum absolute atomic E-state index is 11.4. The summed E-state index contributed by atoms with van der Waals surface area (Å²) in [7, 11) is -0.927. The molecule has 0 saturated carbocycles. The van der Waals surface area contributed by atoms with Gasteiger partial charge in [-0.15, -0.1) is 0 Å². The second-order valence-electron chi connectivity index (χ2n) is 2.61. The van der Waals surface area contributed by atoms with E-state index in [0.717, 1.165) is 6.20 Å². The van der Waals surface area contributed by atoms with E-state index in [1.165, 1.54) is 19.0 Å². The van der Waals surface area contributed by atoms with Crippen LogP contribution in [0, 0.1) is 0 Å². The molecule has 0 spiro atoms. The van der Waals surface area contributed by atoms with Gasteiger partial charge >= 0.3 is 5.97 Å². The second kappa shape index (κ2) is 2.84. The van der Waals surface area contributed by atoms with Crippen LogP contribution in [-0.2, 0) is 14.6 Å². The highest BCUT2D eigenvalue weighted by Crippen LogP contribution is 2.17. The van der Waals surface area contributed by atoms with Gasteiger partial charge in [0.1, 0.15) is 0 Å². The van der Waals surface area contributed by atoms with Gasteiger partial charge in [0.25, 0.3) is 0 Å². The van der Waals surface area contributed by atoms with Gasteiger partial charge < -0.3 is 10.0 Å². The van der Waals surface area contributed by atoms with Crippen molar-refractivity contribution in [2.45, 2.75) is 0 Å². The average Bonchev–Trinajstić information content (AvgIpc) is 2.24. The first-order chi connectivity index (χ1) is 5.87. The van der Waals surface area contributed by atoms with E-state index >= 15 is 0 Å². The number of rotatable bonds is 1. The van der Waals surface area contributed by atoms with Gasteiger partial charge in [-0.3, -0.25) is 0 Å². The number of hydrogen-bond donors (Lipinski definition) is 1. The van der Waals surface area contributed by atoms with E-state index in [1.807, 2.05) is 0 Å². The smallest absolute Gasteiger partial charge is 0.349 e. The molecule has 0 radical (unpaired) electrons. The van der Waals surface area contributed by atoms with Crippen LogP contribution in [0.4, 0.5) is 0 Å². The van der Waals surface area contributed by atoms with Crippen molar-refractivity contribution < 1.29 is 18.3 Å². The molecule has 72 valence electrons. The number of carboxylic acid groups (broad SMARTS) is 1. The molecule has 13 heavy (non-hydrogen) atoms. The van der Waals surface area contributed by atoms with Crippen LogP contribution in [0.3, 0.4) is 0 Å². The maximum Gasteiger partial charge on any atom is 0.349 e. The molecule has 1 N–H and O–H groups in total. The second-order valence-corrected chi connectivity index (χ2v) is 4.42. The summed E-state index contributed by atoms with van der Waals surface area (Å²) in [5.41, 5.74) is 0. The largest absolute Gasteiger partial charge is 0.477 e. The first kappa shape index (κ1) is 9.72. The van der Waals surface area contributed by atoms with Crippen LogP contribution in [0.15, 0.2) is 16.1 Å². The Morgan fingerprint density at radius 2 is 2.08 bits per heavy atom. The molecule has 6 nitrogen and oxygen atoms in total. The fourth-order valence-corrected chi connectivity index (χ4v) is 2.17. The lowest BCUT2D eigenvalue weighted by Gasteiger charge is -2.10. The molecule has 0 bridgehead atoms. The predicted molar refractivity (Wildman–Crippen MR) is 45.8 cm³/mol. The van der Waals surface area contributed by atoms with Crippen molar-refractivity contribution in [1.29, 1.82) is 0 Å². The highest BCUT2D eigenvalue weighted by Gasteiger charge is 2.35. The highest BCUT2D eigenvalue weighted by atomic mass is 32.2. The Balaban J connectivity index is 3.17. The Kier molecular flexibility index (Phi) is 2.12. The molecule has 1 aliphatic rings. The first-order valence-corrected chi connectivity index (χ1v) is 4.79. The van der Waals surface area contributed by atoms with Gasteiger partial charge in [-0.25, -0.2) is 18.2 Å². The summed E-state index contributed by atoms with van der Waals surface area (Å²) in [6.45, 7) is 0. The zero-order valence-corrected chi connectivity index (χ0v) is 7.87. The molecular formula is C6H8N2O4S. The SMILES string of the molecule is CN(C)C1=NC=C(C(=O)O)S1(=O)=O. The molecular weight excluding hydrogens is 196 g/mol. The van der Waals surface area contributed by atoms with Gasteiger partial charge in [0, 0.05) is 14.1 Å². The molecule has 0 saturated heterocycles. The van der Waals surface area contributed by atoms with Gasteiger partial charge in [0.05, 0.1) is 6.20 Å². The topological polar surface area (TPSA) is 87.0 Å². The first-order valence-electron chi connectivity index (χ1n) is 3.31. The number of amidine groups is 1. The van der Waals surface area contributed by atoms with Crippen LogP contribution in [0.1, 0.15) is 0 Å². The van der Waals surface area contributed by atoms with Crippen molar-refractivity contribution in [1.82, 2.24) is 4.90 Å². The van der Waals surface area contributed by atoms with Crippen LogP contribution >= 0.6 is 0 Å². The van der Waals surface area contributed by atoms with E-state index < -0.39 is 20.7 Å². The fourth-order valence-electron chi connectivity index (χ4n) is 0.877. The van der Waals surface area contributed by atoms with Crippen molar-refractivity contribution in [3.8, 4) is 0 Å². The maximum atomic E-state index is 11.4. The minimum absolute atomic E-state index is 0.245. The number of nitrogens with zero attached hydrogens (tertiary/aromatic N) is 2. The fraction of sp³-hybridized carbons (Fsp3) is 0.333. The molecule has 1 rings (SSSR count). The molecule has 0 unspecified atom stereocenters. The number of aliphatic imine (C=N–C) groups is 1. The zero-order valence-electron chi connectivity index (χ0n) is 7.05. The van der Waals surface area contributed by atoms with E-state index in [2.05, 4.69) is 4.99 Å². The molecule has 0 aromatic carbocycles. The third-order valence-corrected chi connectivity index (χ3v) is 3.23. The van der Waals surface area contributed by atoms with Crippen molar-refractivity contribution >= 4 is 21.0 Å². The van der Waals surface area contributed by atoms with Crippen LogP contribution in [0.5, 0.6) is 0 Å². The molecule has 7 heteroatoms. The third kappa shape index (κ3) is 1.42. The van der Waals surface area contributed by atoms with Crippen LogP contribution < -0.4 is 0 Å². The normalized spacial score (nSPS) is 19.2. The quantitative estimate of drug-likeness (QED) is 0.607. The van der Waals surface area contributed by atoms with Crippen molar-refractivity contribution in [3.63, 3.8) is 0 Å². The number of carboxylic acids is 1. The molecule has 1 heterocycles. The standard InChI is InChI=1S/C6H8N2O4S/c1-8(2)6-7-3-4(5(9)10)13(6,11)12/h3H,1-2H3,(H,9,10). The van der Waals surface area contributed by atoms with E-state index in [4.69, 9.17) is 5.11 Å². The summed E-state index contributed by atoms with van der Waals surface area (Å²) < 4.78 is 22.7. The van der Waals surface area contributed by atoms with Crippen LogP contribution in [0.2, 0.25) is 0 Å². The zero-order chi connectivity index (χ0) is 10.2. The molecule has 0 aromatic heterocycles. The summed E-state index contributed by atoms with van der Waals surface area (Å²) >= 11 is 0. The molecule has 0 aliphatic carbocycles. The summed E-state index contributed by atoms with van der Waals surface area (Å²) in [5, 5.41) is 8.26. The van der Waals surface area contributed by atoms with E-state index in [9.17, 15) is 13.2 Å². The Morgan fingerprint density at radius 3 is 2.31 bits per heavy atom. The molecule has 0 fully saturated rings. The van der Waals surface area contributed by atoms with Gasteiger partial charge in [0.15, 0.2) is 4.91 Å². The molecule has 0 atom stereocenters. The number of hydrogen-bond acceptors (Lipinski definition) is 5. The Hall–Kier alpha value is -1.37. The van der Waals surface area contributed by atoms with E-state index in [-0.39, 0.29) is 5.17 Å². The lowest BCUT2D eigenvalue weighted by molar-refractivity contribution is -0.131. The Bertz CT molecular complexity index is 404. The number of aliphatic carboxylic acids is 1. The predicted octanol–water partition coefficient (Wildman–Crippen LogP) is -0.742. The van der Waals surface area contributed by atoms with Crippen molar-refractivity contribution in [2.75, 3.05) is 14.1 Å². The molecule has 0 aromatic rings. The minimum Gasteiger partial charge on any atom is -0.477 e. The Morgan fingerprint density at radius 1 is 1.54 bits per heavy atom. The van der Waals surface area contributed by atoms with Crippen LogP contribution in [-0.4, -0.2) is 43.7 Å². The van der Waals surface area contributed by atoms with Gasteiger partial charge in [-0.2, -0.15) is 0 Å². The third-order valence-electron chi connectivity index (χ3n) is 1.42. The molecule has 1 aliphatic heterocycles. The van der Waals surface area contributed by atoms with E-state index in [1.54, 1.807) is 0 Å². The number of carbonyl (C=O) groups is 1.